The van der Waals surface area contributed by atoms with Crippen molar-refractivity contribution >= 4 is 16.9 Å². The third-order valence-corrected chi connectivity index (χ3v) is 3.00. The predicted molar refractivity (Wildman–Crippen MR) is 75.9 cm³/mol. The first kappa shape index (κ1) is 11.6. The van der Waals surface area contributed by atoms with Crippen molar-refractivity contribution in [2.75, 3.05) is 11.9 Å². The lowest BCUT2D eigenvalue weighted by Crippen LogP contribution is -2.17. The summed E-state index contributed by atoms with van der Waals surface area (Å²) in [5, 5.41) is 0. The number of aromatic nitrogens is 3. The average molecular weight is 250 g/mol. The van der Waals surface area contributed by atoms with Crippen LogP contribution < -0.4 is 4.90 Å². The summed E-state index contributed by atoms with van der Waals surface area (Å²) in [5.74, 6) is 0.871. The number of hydrogen-bond donors (Lipinski definition) is 0. The molecule has 0 atom stereocenters. The smallest absolute Gasteiger partial charge is 0.147 e. The van der Waals surface area contributed by atoms with Gasteiger partial charge in [-0.2, -0.15) is 0 Å². The van der Waals surface area contributed by atoms with Gasteiger partial charge in [0.1, 0.15) is 5.82 Å². The van der Waals surface area contributed by atoms with Crippen LogP contribution in [0.1, 0.15) is 5.56 Å². The van der Waals surface area contributed by atoms with Crippen LogP contribution in [0.5, 0.6) is 0 Å². The fraction of sp³-hybridized carbons (Fsp3) is 0.133. The molecule has 4 heteroatoms. The van der Waals surface area contributed by atoms with E-state index in [0.717, 1.165) is 23.4 Å². The van der Waals surface area contributed by atoms with E-state index < -0.39 is 0 Å². The third kappa shape index (κ3) is 2.52. The van der Waals surface area contributed by atoms with Crippen molar-refractivity contribution in [1.29, 1.82) is 0 Å². The molecule has 0 amide bonds. The topological polar surface area (TPSA) is 41.9 Å². The highest BCUT2D eigenvalue weighted by Gasteiger charge is 2.05. The molecule has 0 bridgehead atoms. The summed E-state index contributed by atoms with van der Waals surface area (Å²) in [4.78, 5) is 15.1. The van der Waals surface area contributed by atoms with Crippen molar-refractivity contribution in [2.24, 2.45) is 0 Å². The van der Waals surface area contributed by atoms with Gasteiger partial charge in [0.15, 0.2) is 0 Å². The molecule has 0 aliphatic carbocycles. The fourth-order valence-electron chi connectivity index (χ4n) is 1.97. The van der Waals surface area contributed by atoms with Gasteiger partial charge in [-0.25, -0.2) is 4.98 Å². The fourth-order valence-corrected chi connectivity index (χ4v) is 1.97. The van der Waals surface area contributed by atoms with Gasteiger partial charge in [0, 0.05) is 26.0 Å². The SMILES string of the molecule is CN(Cc1ccncc1)c1cnc2ccccc2n1. The number of fused-ring (bicyclic) bond motifs is 1. The molecular weight excluding hydrogens is 236 g/mol. The van der Waals surface area contributed by atoms with E-state index in [0.29, 0.717) is 0 Å². The molecule has 0 fully saturated rings. The maximum atomic E-state index is 4.62. The van der Waals surface area contributed by atoms with E-state index in [4.69, 9.17) is 0 Å². The minimum Gasteiger partial charge on any atom is -0.354 e. The molecule has 3 rings (SSSR count). The molecular formula is C15H14N4. The molecule has 0 saturated carbocycles. The average Bonchev–Trinajstić information content (AvgIpc) is 2.48. The van der Waals surface area contributed by atoms with Gasteiger partial charge in [-0.15, -0.1) is 0 Å². The van der Waals surface area contributed by atoms with Gasteiger partial charge in [0.25, 0.3) is 0 Å². The van der Waals surface area contributed by atoms with Crippen molar-refractivity contribution in [3.05, 3.63) is 60.6 Å². The molecule has 19 heavy (non-hydrogen) atoms. The van der Waals surface area contributed by atoms with Gasteiger partial charge in [0.05, 0.1) is 17.2 Å². The van der Waals surface area contributed by atoms with E-state index >= 15 is 0 Å². The molecule has 0 spiro atoms. The number of nitrogens with zero attached hydrogens (tertiary/aromatic N) is 4. The highest BCUT2D eigenvalue weighted by molar-refractivity contribution is 5.75. The second-order valence-electron chi connectivity index (χ2n) is 4.43. The van der Waals surface area contributed by atoms with Crippen molar-refractivity contribution in [1.82, 2.24) is 15.0 Å². The molecule has 2 heterocycles. The maximum Gasteiger partial charge on any atom is 0.147 e. The van der Waals surface area contributed by atoms with Crippen LogP contribution in [-0.4, -0.2) is 22.0 Å². The molecule has 0 saturated heterocycles. The number of para-hydroxylation sites is 2. The van der Waals surface area contributed by atoms with Crippen molar-refractivity contribution in [3.8, 4) is 0 Å². The lowest BCUT2D eigenvalue weighted by Gasteiger charge is -2.18. The summed E-state index contributed by atoms with van der Waals surface area (Å²) >= 11 is 0. The molecule has 2 aromatic heterocycles. The zero-order chi connectivity index (χ0) is 13.1. The molecule has 4 nitrogen and oxygen atoms in total. The lowest BCUT2D eigenvalue weighted by molar-refractivity contribution is 0.894. The second-order valence-corrected chi connectivity index (χ2v) is 4.43. The predicted octanol–water partition coefficient (Wildman–Crippen LogP) is 2.66. The van der Waals surface area contributed by atoms with Crippen LogP contribution in [0, 0.1) is 0 Å². The second kappa shape index (κ2) is 5.02. The summed E-state index contributed by atoms with van der Waals surface area (Å²) in [6.07, 6.45) is 5.41. The van der Waals surface area contributed by atoms with Crippen molar-refractivity contribution < 1.29 is 0 Å². The molecule has 0 unspecified atom stereocenters. The Labute approximate surface area is 111 Å². The molecule has 0 aliphatic heterocycles. The maximum absolute atomic E-state index is 4.62. The minimum atomic E-state index is 0.787. The van der Waals surface area contributed by atoms with Crippen molar-refractivity contribution in [3.63, 3.8) is 0 Å². The third-order valence-electron chi connectivity index (χ3n) is 3.00. The van der Waals surface area contributed by atoms with E-state index in [1.165, 1.54) is 5.56 Å². The molecule has 0 aliphatic rings. The Balaban J connectivity index is 1.87. The number of rotatable bonds is 3. The van der Waals surface area contributed by atoms with Gasteiger partial charge < -0.3 is 4.90 Å². The highest BCUT2D eigenvalue weighted by atomic mass is 15.2. The van der Waals surface area contributed by atoms with Crippen LogP contribution in [-0.2, 0) is 6.54 Å². The van der Waals surface area contributed by atoms with Gasteiger partial charge in [-0.1, -0.05) is 12.1 Å². The number of anilines is 1. The van der Waals surface area contributed by atoms with E-state index in [2.05, 4.69) is 19.9 Å². The quantitative estimate of drug-likeness (QED) is 0.716. The summed E-state index contributed by atoms with van der Waals surface area (Å²) in [6, 6.07) is 11.9. The van der Waals surface area contributed by atoms with Crippen LogP contribution in [0.15, 0.2) is 55.0 Å². The standard InChI is InChI=1S/C15H14N4/c1-19(11-12-6-8-16-9-7-12)15-10-17-13-4-2-3-5-14(13)18-15/h2-10H,11H2,1H3. The minimum absolute atomic E-state index is 0.787. The Morgan fingerprint density at radius 2 is 1.74 bits per heavy atom. The Morgan fingerprint density at radius 1 is 1.00 bits per heavy atom. The van der Waals surface area contributed by atoms with Crippen LogP contribution in [0.3, 0.4) is 0 Å². The molecule has 0 N–H and O–H groups in total. The molecule has 0 radical (unpaired) electrons. The van der Waals surface area contributed by atoms with Crippen LogP contribution >= 0.6 is 0 Å². The van der Waals surface area contributed by atoms with Gasteiger partial charge in [-0.3, -0.25) is 9.97 Å². The zero-order valence-corrected chi connectivity index (χ0v) is 10.7. The van der Waals surface area contributed by atoms with Crippen LogP contribution in [0.4, 0.5) is 5.82 Å². The molecule has 94 valence electrons. The number of pyridine rings is 1. The first-order valence-electron chi connectivity index (χ1n) is 6.15. The van der Waals surface area contributed by atoms with Gasteiger partial charge >= 0.3 is 0 Å². The zero-order valence-electron chi connectivity index (χ0n) is 10.7. The van der Waals surface area contributed by atoms with Crippen molar-refractivity contribution in [2.45, 2.75) is 6.54 Å². The monoisotopic (exact) mass is 250 g/mol. The summed E-state index contributed by atoms with van der Waals surface area (Å²) in [6.45, 7) is 0.787. The van der Waals surface area contributed by atoms with Crippen LogP contribution in [0.25, 0.3) is 11.0 Å². The lowest BCUT2D eigenvalue weighted by atomic mass is 10.2. The Bertz CT molecular complexity index is 682. The normalized spacial score (nSPS) is 10.6. The van der Waals surface area contributed by atoms with E-state index in [1.807, 2.05) is 49.6 Å². The summed E-state index contributed by atoms with van der Waals surface area (Å²) in [5.41, 5.74) is 3.04. The number of hydrogen-bond acceptors (Lipinski definition) is 4. The van der Waals surface area contributed by atoms with Crippen LogP contribution in [0.2, 0.25) is 0 Å². The first-order valence-corrected chi connectivity index (χ1v) is 6.15. The van der Waals surface area contributed by atoms with Gasteiger partial charge in [0.2, 0.25) is 0 Å². The van der Waals surface area contributed by atoms with E-state index in [9.17, 15) is 0 Å². The van der Waals surface area contributed by atoms with Gasteiger partial charge in [-0.05, 0) is 29.8 Å². The first-order chi connectivity index (χ1) is 9.33. The number of benzene rings is 1. The Kier molecular flexibility index (Phi) is 3.06. The molecule has 3 aromatic rings. The summed E-state index contributed by atoms with van der Waals surface area (Å²) < 4.78 is 0. The Hall–Kier alpha value is -2.49. The summed E-state index contributed by atoms with van der Waals surface area (Å²) in [7, 11) is 2.01. The molecule has 1 aromatic carbocycles. The Morgan fingerprint density at radius 3 is 2.53 bits per heavy atom. The van der Waals surface area contributed by atoms with E-state index in [1.54, 1.807) is 12.4 Å². The highest BCUT2D eigenvalue weighted by Crippen LogP contribution is 2.15. The van der Waals surface area contributed by atoms with E-state index in [-0.39, 0.29) is 0 Å². The largest absolute Gasteiger partial charge is 0.354 e.